The molecule has 0 heterocycles. The maximum absolute atomic E-state index is 10.5. The predicted octanol–water partition coefficient (Wildman–Crippen LogP) is 4.39. The van der Waals surface area contributed by atoms with Crippen molar-refractivity contribution in [1.29, 1.82) is 10.7 Å². The van der Waals surface area contributed by atoms with Crippen LogP contribution in [0.15, 0.2) is 30.4 Å². The Kier molecular flexibility index (Phi) is 6.10. The van der Waals surface area contributed by atoms with E-state index in [1.165, 1.54) is 38.2 Å². The van der Waals surface area contributed by atoms with Gasteiger partial charge in [-0.3, -0.25) is 0 Å². The van der Waals surface area contributed by atoms with E-state index < -0.39 is 5.97 Å². The number of hydrogen-bond acceptors (Lipinski definition) is 3. The third-order valence-electron chi connectivity index (χ3n) is 4.42. The lowest BCUT2D eigenvalue weighted by atomic mass is 9.83. The number of rotatable bonds is 4. The summed E-state index contributed by atoms with van der Waals surface area (Å²) in [5, 5.41) is 26.0. The second kappa shape index (κ2) is 8.28. The van der Waals surface area contributed by atoms with Crippen LogP contribution in [-0.2, 0) is 4.79 Å². The van der Waals surface area contributed by atoms with Crippen LogP contribution in [0.3, 0.4) is 0 Å². The summed E-state index contributed by atoms with van der Waals surface area (Å²) in [6.45, 7) is 0. The van der Waals surface area contributed by atoms with Crippen molar-refractivity contribution < 1.29 is 9.90 Å². The van der Waals surface area contributed by atoms with E-state index in [0.717, 1.165) is 24.5 Å². The van der Waals surface area contributed by atoms with Gasteiger partial charge in [0.25, 0.3) is 0 Å². The van der Waals surface area contributed by atoms with E-state index in [0.29, 0.717) is 17.0 Å². The third kappa shape index (κ3) is 4.79. The van der Waals surface area contributed by atoms with E-state index in [-0.39, 0.29) is 5.71 Å². The number of carbonyl (C=O) groups is 1. The van der Waals surface area contributed by atoms with Gasteiger partial charge >= 0.3 is 5.97 Å². The Morgan fingerprint density at radius 1 is 1.17 bits per heavy atom. The molecular formula is C19H22N2O2. The van der Waals surface area contributed by atoms with Gasteiger partial charge in [-0.1, -0.05) is 44.2 Å². The number of nitrogens with zero attached hydrogens (tertiary/aromatic N) is 1. The second-order valence-corrected chi connectivity index (χ2v) is 6.04. The van der Waals surface area contributed by atoms with Crippen LogP contribution >= 0.6 is 0 Å². The number of allylic oxidation sites excluding steroid dienone is 1. The van der Waals surface area contributed by atoms with Crippen molar-refractivity contribution in [2.24, 2.45) is 0 Å². The first kappa shape index (κ1) is 17.0. The summed E-state index contributed by atoms with van der Waals surface area (Å²) in [5.41, 5.74) is 2.37. The molecule has 0 saturated heterocycles. The quantitative estimate of drug-likeness (QED) is 0.638. The molecule has 0 aliphatic heterocycles. The van der Waals surface area contributed by atoms with E-state index in [4.69, 9.17) is 10.5 Å². The van der Waals surface area contributed by atoms with Gasteiger partial charge in [-0.05, 0) is 36.5 Å². The number of benzene rings is 1. The molecule has 1 saturated carbocycles. The van der Waals surface area contributed by atoms with E-state index in [1.807, 2.05) is 12.1 Å². The lowest BCUT2D eigenvalue weighted by molar-refractivity contribution is -0.131. The van der Waals surface area contributed by atoms with Gasteiger partial charge in [0, 0.05) is 11.6 Å². The van der Waals surface area contributed by atoms with E-state index in [2.05, 4.69) is 6.07 Å². The fourth-order valence-electron chi connectivity index (χ4n) is 3.19. The molecule has 0 amide bonds. The summed E-state index contributed by atoms with van der Waals surface area (Å²) in [7, 11) is 0. The molecule has 1 aromatic carbocycles. The summed E-state index contributed by atoms with van der Waals surface area (Å²) in [6, 6.07) is 7.73. The zero-order valence-corrected chi connectivity index (χ0v) is 13.2. The minimum absolute atomic E-state index is 0.105. The van der Waals surface area contributed by atoms with Crippen LogP contribution in [0.5, 0.6) is 0 Å². The Bertz CT molecular complexity index is 648. The minimum atomic E-state index is -1.08. The Morgan fingerprint density at radius 3 is 2.43 bits per heavy atom. The normalized spacial score (nSPS) is 16.5. The molecule has 0 radical (unpaired) electrons. The third-order valence-corrected chi connectivity index (χ3v) is 4.42. The zero-order chi connectivity index (χ0) is 16.7. The fraction of sp³-hybridized carbons (Fsp3) is 0.421. The Balaban J connectivity index is 2.23. The van der Waals surface area contributed by atoms with Crippen molar-refractivity contribution in [2.75, 3.05) is 0 Å². The summed E-state index contributed by atoms with van der Waals surface area (Å²) < 4.78 is 0. The molecule has 0 unspecified atom stereocenters. The van der Waals surface area contributed by atoms with Crippen LogP contribution in [0.25, 0.3) is 0 Å². The summed E-state index contributed by atoms with van der Waals surface area (Å²) in [6.07, 6.45) is 10.7. The van der Waals surface area contributed by atoms with E-state index in [1.54, 1.807) is 6.07 Å². The highest BCUT2D eigenvalue weighted by atomic mass is 16.4. The monoisotopic (exact) mass is 310 g/mol. The Hall–Kier alpha value is -2.41. The van der Waals surface area contributed by atoms with Crippen LogP contribution in [0.1, 0.15) is 67.6 Å². The molecule has 23 heavy (non-hydrogen) atoms. The average Bonchev–Trinajstić information content (AvgIpc) is 2.52. The van der Waals surface area contributed by atoms with Crippen LogP contribution in [-0.4, -0.2) is 16.8 Å². The molecular weight excluding hydrogens is 288 g/mol. The highest BCUT2D eigenvalue weighted by Gasteiger charge is 2.17. The highest BCUT2D eigenvalue weighted by Crippen LogP contribution is 2.33. The Morgan fingerprint density at radius 2 is 1.83 bits per heavy atom. The number of carboxylic acids is 1. The SMILES string of the molecule is N#Cc1cc(C(=N)C=CC(=O)O)ccc1C1CCCCCCC1. The Labute approximate surface area is 137 Å². The van der Waals surface area contributed by atoms with E-state index in [9.17, 15) is 10.1 Å². The average molecular weight is 310 g/mol. The molecule has 2 N–H and O–H groups in total. The first-order valence-electron chi connectivity index (χ1n) is 8.16. The molecule has 1 aliphatic carbocycles. The van der Waals surface area contributed by atoms with Crippen LogP contribution in [0, 0.1) is 16.7 Å². The van der Waals surface area contributed by atoms with Crippen molar-refractivity contribution in [3.63, 3.8) is 0 Å². The van der Waals surface area contributed by atoms with Gasteiger partial charge in [-0.15, -0.1) is 0 Å². The van der Waals surface area contributed by atoms with Gasteiger partial charge < -0.3 is 10.5 Å². The number of aliphatic carboxylic acids is 1. The molecule has 0 atom stereocenters. The highest BCUT2D eigenvalue weighted by molar-refractivity contribution is 6.08. The molecule has 0 aromatic heterocycles. The van der Waals surface area contributed by atoms with Crippen molar-refractivity contribution in [2.45, 2.75) is 50.9 Å². The van der Waals surface area contributed by atoms with Gasteiger partial charge in [-0.25, -0.2) is 4.79 Å². The zero-order valence-electron chi connectivity index (χ0n) is 13.2. The molecule has 2 rings (SSSR count). The topological polar surface area (TPSA) is 84.9 Å². The van der Waals surface area contributed by atoms with Crippen LogP contribution in [0.4, 0.5) is 0 Å². The lowest BCUT2D eigenvalue weighted by Gasteiger charge is -2.21. The molecule has 4 nitrogen and oxygen atoms in total. The van der Waals surface area contributed by atoms with Gasteiger partial charge in [0.15, 0.2) is 0 Å². The van der Waals surface area contributed by atoms with Gasteiger partial charge in [0.2, 0.25) is 0 Å². The summed E-state index contributed by atoms with van der Waals surface area (Å²) in [5.74, 6) is -0.663. The minimum Gasteiger partial charge on any atom is -0.478 e. The number of carboxylic acid groups (broad SMARTS) is 1. The maximum Gasteiger partial charge on any atom is 0.328 e. The lowest BCUT2D eigenvalue weighted by Crippen LogP contribution is -2.06. The predicted molar refractivity (Wildman–Crippen MR) is 89.8 cm³/mol. The van der Waals surface area contributed by atoms with Gasteiger partial charge in [0.1, 0.15) is 0 Å². The number of nitriles is 1. The number of hydrogen-bond donors (Lipinski definition) is 2. The number of nitrogens with one attached hydrogen (secondary N) is 1. The van der Waals surface area contributed by atoms with Crippen molar-refractivity contribution >= 4 is 11.7 Å². The van der Waals surface area contributed by atoms with E-state index >= 15 is 0 Å². The van der Waals surface area contributed by atoms with Crippen molar-refractivity contribution in [1.82, 2.24) is 0 Å². The van der Waals surface area contributed by atoms with Gasteiger partial charge in [-0.2, -0.15) is 5.26 Å². The first-order chi connectivity index (χ1) is 11.1. The molecule has 0 bridgehead atoms. The summed E-state index contributed by atoms with van der Waals surface area (Å²) >= 11 is 0. The first-order valence-corrected chi connectivity index (χ1v) is 8.16. The molecule has 1 fully saturated rings. The molecule has 120 valence electrons. The molecule has 1 aromatic rings. The largest absolute Gasteiger partial charge is 0.478 e. The van der Waals surface area contributed by atoms with Crippen LogP contribution < -0.4 is 0 Å². The molecule has 1 aliphatic rings. The van der Waals surface area contributed by atoms with Crippen molar-refractivity contribution in [3.8, 4) is 6.07 Å². The van der Waals surface area contributed by atoms with Crippen molar-refractivity contribution in [3.05, 3.63) is 47.0 Å². The molecule has 0 spiro atoms. The fourth-order valence-corrected chi connectivity index (χ4v) is 3.19. The summed E-state index contributed by atoms with van der Waals surface area (Å²) in [4.78, 5) is 10.5. The smallest absolute Gasteiger partial charge is 0.328 e. The maximum atomic E-state index is 10.5. The van der Waals surface area contributed by atoms with Gasteiger partial charge in [0.05, 0.1) is 17.3 Å². The second-order valence-electron chi connectivity index (χ2n) is 6.04. The standard InChI is InChI=1S/C19H22N2O2/c20-13-16-12-15(18(21)10-11-19(22)23)8-9-17(16)14-6-4-2-1-3-5-7-14/h8-12,14,21H,1-7H2,(H,22,23). The van der Waals surface area contributed by atoms with Crippen LogP contribution in [0.2, 0.25) is 0 Å². The molecule has 4 heteroatoms.